The minimum Gasteiger partial charge on any atom is -0.384 e. The van der Waals surface area contributed by atoms with Crippen LogP contribution < -0.4 is 0 Å². The first-order chi connectivity index (χ1) is 9.66. The van der Waals surface area contributed by atoms with Crippen molar-refractivity contribution in [2.45, 2.75) is 6.10 Å². The van der Waals surface area contributed by atoms with Gasteiger partial charge >= 0.3 is 0 Å². The summed E-state index contributed by atoms with van der Waals surface area (Å²) in [4.78, 5) is 4.22. The van der Waals surface area contributed by atoms with Gasteiger partial charge in [-0.3, -0.25) is 4.98 Å². The summed E-state index contributed by atoms with van der Waals surface area (Å²) in [6.07, 6.45) is 0.741. The Balaban J connectivity index is 2.08. The van der Waals surface area contributed by atoms with Crippen molar-refractivity contribution >= 4 is 22.5 Å². The molecule has 1 N–H and O–H groups in total. The monoisotopic (exact) mass is 287 g/mol. The highest BCUT2D eigenvalue weighted by molar-refractivity contribution is 6.31. The van der Waals surface area contributed by atoms with E-state index in [0.717, 1.165) is 10.9 Å². The van der Waals surface area contributed by atoms with Crippen LogP contribution in [0.5, 0.6) is 0 Å². The second-order valence-electron chi connectivity index (χ2n) is 4.50. The molecule has 1 heterocycles. The molecule has 20 heavy (non-hydrogen) atoms. The zero-order valence-electron chi connectivity index (χ0n) is 10.4. The Hall–Kier alpha value is -1.97. The third-order valence-electron chi connectivity index (χ3n) is 3.22. The van der Waals surface area contributed by atoms with Crippen LogP contribution in [0.25, 0.3) is 10.9 Å². The highest BCUT2D eigenvalue weighted by atomic mass is 35.5. The van der Waals surface area contributed by atoms with Gasteiger partial charge in [0.15, 0.2) is 0 Å². The Labute approximate surface area is 120 Å². The predicted octanol–water partition coefficient (Wildman–Crippen LogP) is 4.11. The van der Waals surface area contributed by atoms with E-state index < -0.39 is 11.9 Å². The minimum atomic E-state index is -0.970. The van der Waals surface area contributed by atoms with Gasteiger partial charge in [0.1, 0.15) is 11.9 Å². The van der Waals surface area contributed by atoms with Crippen LogP contribution in [0.2, 0.25) is 5.02 Å². The summed E-state index contributed by atoms with van der Waals surface area (Å²) >= 11 is 5.91. The number of benzene rings is 2. The second-order valence-corrected chi connectivity index (χ2v) is 4.88. The summed E-state index contributed by atoms with van der Waals surface area (Å²) in [6, 6.07) is 13.6. The molecular formula is C16H11ClFNO. The maximum absolute atomic E-state index is 13.5. The van der Waals surface area contributed by atoms with E-state index in [1.54, 1.807) is 18.3 Å². The molecule has 0 spiro atoms. The maximum Gasteiger partial charge on any atom is 0.142 e. The number of aromatic nitrogens is 1. The van der Waals surface area contributed by atoms with Gasteiger partial charge in [-0.05, 0) is 29.8 Å². The summed E-state index contributed by atoms with van der Waals surface area (Å²) in [7, 11) is 0. The number of hydrogen-bond donors (Lipinski definition) is 1. The van der Waals surface area contributed by atoms with E-state index in [2.05, 4.69) is 4.98 Å². The molecule has 0 bridgehead atoms. The van der Waals surface area contributed by atoms with Crippen molar-refractivity contribution in [3.8, 4) is 0 Å². The number of fused-ring (bicyclic) bond motifs is 1. The normalized spacial score (nSPS) is 12.6. The first kappa shape index (κ1) is 13.0. The average molecular weight is 288 g/mol. The lowest BCUT2D eigenvalue weighted by molar-refractivity contribution is 0.220. The van der Waals surface area contributed by atoms with Gasteiger partial charge in [-0.25, -0.2) is 4.39 Å². The van der Waals surface area contributed by atoms with Crippen LogP contribution in [0, 0.1) is 5.82 Å². The summed E-state index contributed by atoms with van der Waals surface area (Å²) in [5.41, 5.74) is 1.85. The molecule has 4 heteroatoms. The van der Waals surface area contributed by atoms with Gasteiger partial charge in [0, 0.05) is 17.1 Å². The number of rotatable bonds is 2. The van der Waals surface area contributed by atoms with Crippen molar-refractivity contribution in [3.63, 3.8) is 0 Å². The molecular weight excluding hydrogens is 277 g/mol. The zero-order valence-corrected chi connectivity index (χ0v) is 11.2. The summed E-state index contributed by atoms with van der Waals surface area (Å²) in [5, 5.41) is 11.2. The highest BCUT2D eigenvalue weighted by Gasteiger charge is 2.16. The van der Waals surface area contributed by atoms with E-state index in [9.17, 15) is 9.50 Å². The Bertz CT molecular complexity index is 775. The molecule has 0 fully saturated rings. The van der Waals surface area contributed by atoms with Crippen molar-refractivity contribution in [2.24, 2.45) is 0 Å². The molecule has 1 unspecified atom stereocenters. The summed E-state index contributed by atoms with van der Waals surface area (Å²) < 4.78 is 13.5. The van der Waals surface area contributed by atoms with Crippen molar-refractivity contribution in [2.75, 3.05) is 0 Å². The topological polar surface area (TPSA) is 33.1 Å². The zero-order chi connectivity index (χ0) is 14.1. The third-order valence-corrected chi connectivity index (χ3v) is 3.62. The third kappa shape index (κ3) is 2.26. The SMILES string of the molecule is OC(c1ccc2ncccc2c1)c1cccc(F)c1Cl. The Morgan fingerprint density at radius 3 is 2.80 bits per heavy atom. The quantitative estimate of drug-likeness (QED) is 0.769. The largest absolute Gasteiger partial charge is 0.384 e. The van der Waals surface area contributed by atoms with E-state index in [1.165, 1.54) is 12.1 Å². The van der Waals surface area contributed by atoms with Gasteiger partial charge in [0.05, 0.1) is 10.5 Å². The molecule has 0 amide bonds. The van der Waals surface area contributed by atoms with E-state index in [-0.39, 0.29) is 5.02 Å². The minimum absolute atomic E-state index is 0.0497. The van der Waals surface area contributed by atoms with Gasteiger partial charge in [-0.1, -0.05) is 35.9 Å². The van der Waals surface area contributed by atoms with Crippen LogP contribution in [-0.2, 0) is 0 Å². The molecule has 0 aliphatic carbocycles. The fourth-order valence-corrected chi connectivity index (χ4v) is 2.40. The van der Waals surface area contributed by atoms with Crippen LogP contribution >= 0.6 is 11.6 Å². The smallest absolute Gasteiger partial charge is 0.142 e. The number of nitrogens with zero attached hydrogens (tertiary/aromatic N) is 1. The molecule has 3 rings (SSSR count). The van der Waals surface area contributed by atoms with E-state index >= 15 is 0 Å². The number of aliphatic hydroxyl groups is 1. The van der Waals surface area contributed by atoms with E-state index in [4.69, 9.17) is 11.6 Å². The fraction of sp³-hybridized carbons (Fsp3) is 0.0625. The lowest BCUT2D eigenvalue weighted by atomic mass is 10.00. The van der Waals surface area contributed by atoms with Crippen molar-refractivity contribution in [1.29, 1.82) is 0 Å². The standard InChI is InChI=1S/C16H11ClFNO/c17-15-12(4-1-5-13(15)18)16(20)11-6-7-14-10(9-11)3-2-8-19-14/h1-9,16,20H. The molecule has 0 radical (unpaired) electrons. The molecule has 0 aliphatic rings. The van der Waals surface area contributed by atoms with Crippen LogP contribution in [0.15, 0.2) is 54.7 Å². The lowest BCUT2D eigenvalue weighted by Gasteiger charge is -2.14. The van der Waals surface area contributed by atoms with Crippen LogP contribution in [0.1, 0.15) is 17.2 Å². The lowest BCUT2D eigenvalue weighted by Crippen LogP contribution is -2.01. The molecule has 1 aromatic heterocycles. The van der Waals surface area contributed by atoms with E-state index in [1.807, 2.05) is 24.3 Å². The second kappa shape index (κ2) is 5.19. The molecule has 0 saturated carbocycles. The molecule has 2 aromatic carbocycles. The molecule has 0 aliphatic heterocycles. The van der Waals surface area contributed by atoms with Crippen molar-refractivity contribution in [3.05, 3.63) is 76.7 Å². The van der Waals surface area contributed by atoms with Gasteiger partial charge in [0.2, 0.25) is 0 Å². The molecule has 2 nitrogen and oxygen atoms in total. The predicted molar refractivity (Wildman–Crippen MR) is 77.2 cm³/mol. The molecule has 100 valence electrons. The fourth-order valence-electron chi connectivity index (χ4n) is 2.18. The molecule has 0 saturated heterocycles. The first-order valence-corrected chi connectivity index (χ1v) is 6.51. The summed E-state index contributed by atoms with van der Waals surface area (Å²) in [6.45, 7) is 0. The maximum atomic E-state index is 13.5. The number of aliphatic hydroxyl groups excluding tert-OH is 1. The van der Waals surface area contributed by atoms with Crippen LogP contribution in [0.4, 0.5) is 4.39 Å². The van der Waals surface area contributed by atoms with Crippen LogP contribution in [0.3, 0.4) is 0 Å². The van der Waals surface area contributed by atoms with Gasteiger partial charge in [-0.15, -0.1) is 0 Å². The average Bonchev–Trinajstić information content (AvgIpc) is 2.49. The van der Waals surface area contributed by atoms with Gasteiger partial charge in [-0.2, -0.15) is 0 Å². The Kier molecular flexibility index (Phi) is 3.38. The van der Waals surface area contributed by atoms with Gasteiger partial charge < -0.3 is 5.11 Å². The first-order valence-electron chi connectivity index (χ1n) is 6.13. The number of pyridine rings is 1. The van der Waals surface area contributed by atoms with Gasteiger partial charge in [0.25, 0.3) is 0 Å². The van der Waals surface area contributed by atoms with Crippen molar-refractivity contribution in [1.82, 2.24) is 4.98 Å². The van der Waals surface area contributed by atoms with E-state index in [0.29, 0.717) is 11.1 Å². The van der Waals surface area contributed by atoms with Crippen molar-refractivity contribution < 1.29 is 9.50 Å². The molecule has 3 aromatic rings. The molecule has 1 atom stereocenters. The van der Waals surface area contributed by atoms with Crippen LogP contribution in [-0.4, -0.2) is 10.1 Å². The summed E-state index contributed by atoms with van der Waals surface area (Å²) in [5.74, 6) is -0.536. The highest BCUT2D eigenvalue weighted by Crippen LogP contribution is 2.31. The number of halogens is 2. The Morgan fingerprint density at radius 2 is 1.95 bits per heavy atom. The number of hydrogen-bond acceptors (Lipinski definition) is 2. The Morgan fingerprint density at radius 1 is 1.10 bits per heavy atom.